The third-order valence-corrected chi connectivity index (χ3v) is 3.55. The van der Waals surface area contributed by atoms with E-state index >= 15 is 0 Å². The fraction of sp³-hybridized carbons (Fsp3) is 0.200. The number of hydrogen-bond acceptors (Lipinski definition) is 2. The molecule has 0 aliphatic rings. The van der Waals surface area contributed by atoms with Gasteiger partial charge in [-0.2, -0.15) is 0 Å². The van der Waals surface area contributed by atoms with Gasteiger partial charge in [0, 0.05) is 9.79 Å². The summed E-state index contributed by atoms with van der Waals surface area (Å²) >= 11 is 1.58. The Bertz CT molecular complexity index is 540. The molecule has 0 fully saturated rings. The maximum Gasteiger partial charge on any atom is 0.124 e. The number of benzene rings is 2. The van der Waals surface area contributed by atoms with Gasteiger partial charge in [0.05, 0.1) is 0 Å². The summed E-state index contributed by atoms with van der Waals surface area (Å²) in [6.45, 7) is 2.59. The van der Waals surface area contributed by atoms with Gasteiger partial charge >= 0.3 is 0 Å². The van der Waals surface area contributed by atoms with Crippen molar-refractivity contribution in [1.82, 2.24) is 0 Å². The van der Waals surface area contributed by atoms with E-state index in [1.807, 2.05) is 18.2 Å². The zero-order valence-electron chi connectivity index (χ0n) is 10.3. The van der Waals surface area contributed by atoms with E-state index in [0.717, 1.165) is 15.4 Å². The maximum absolute atomic E-state index is 13.5. The molecule has 0 saturated carbocycles. The van der Waals surface area contributed by atoms with Gasteiger partial charge in [0.15, 0.2) is 0 Å². The molecule has 0 spiro atoms. The van der Waals surface area contributed by atoms with Crippen molar-refractivity contribution in [2.24, 2.45) is 5.73 Å². The Morgan fingerprint density at radius 2 is 1.94 bits per heavy atom. The first-order valence-electron chi connectivity index (χ1n) is 5.91. The van der Waals surface area contributed by atoms with Crippen molar-refractivity contribution < 1.29 is 4.39 Å². The number of hydrogen-bond donors (Lipinski definition) is 1. The fourth-order valence-corrected chi connectivity index (χ4v) is 2.85. The lowest BCUT2D eigenvalue weighted by molar-refractivity contribution is 0.621. The Balaban J connectivity index is 2.23. The number of nitrogens with two attached hydrogens (primary N) is 1. The molecule has 0 saturated heterocycles. The predicted octanol–water partition coefficient (Wildman–Crippen LogP) is 3.79. The van der Waals surface area contributed by atoms with E-state index in [1.54, 1.807) is 23.9 Å². The van der Waals surface area contributed by atoms with E-state index in [0.29, 0.717) is 13.0 Å². The molecule has 0 heterocycles. The quantitative estimate of drug-likeness (QED) is 0.906. The minimum Gasteiger partial charge on any atom is -0.330 e. The standard InChI is InChI=1S/C15H16FNS/c1-11-3-2-4-14(7-11)18-15-9-12(5-6-17)8-13(16)10-15/h2-4,7-10H,5-6,17H2,1H3. The molecule has 18 heavy (non-hydrogen) atoms. The third-order valence-electron chi connectivity index (χ3n) is 2.59. The van der Waals surface area contributed by atoms with E-state index in [9.17, 15) is 4.39 Å². The molecular weight excluding hydrogens is 245 g/mol. The van der Waals surface area contributed by atoms with Gasteiger partial charge in [-0.1, -0.05) is 29.5 Å². The summed E-state index contributed by atoms with van der Waals surface area (Å²) in [7, 11) is 0. The molecule has 0 bridgehead atoms. The summed E-state index contributed by atoms with van der Waals surface area (Å²) in [5.41, 5.74) is 7.66. The summed E-state index contributed by atoms with van der Waals surface area (Å²) in [4.78, 5) is 2.04. The van der Waals surface area contributed by atoms with Crippen molar-refractivity contribution in [3.63, 3.8) is 0 Å². The van der Waals surface area contributed by atoms with Gasteiger partial charge in [0.1, 0.15) is 5.82 Å². The van der Waals surface area contributed by atoms with Crippen molar-refractivity contribution in [3.8, 4) is 0 Å². The third kappa shape index (κ3) is 3.59. The molecule has 2 aromatic rings. The molecule has 0 amide bonds. The summed E-state index contributed by atoms with van der Waals surface area (Å²) in [6, 6.07) is 13.3. The molecule has 0 aliphatic carbocycles. The van der Waals surface area contributed by atoms with Crippen LogP contribution in [0.3, 0.4) is 0 Å². The topological polar surface area (TPSA) is 26.0 Å². The largest absolute Gasteiger partial charge is 0.330 e. The molecule has 3 heteroatoms. The summed E-state index contributed by atoms with van der Waals surface area (Å²) in [5, 5.41) is 0. The van der Waals surface area contributed by atoms with E-state index in [1.165, 1.54) is 5.56 Å². The SMILES string of the molecule is Cc1cccc(Sc2cc(F)cc(CCN)c2)c1. The van der Waals surface area contributed by atoms with E-state index in [4.69, 9.17) is 5.73 Å². The summed E-state index contributed by atoms with van der Waals surface area (Å²) in [5.74, 6) is -0.198. The van der Waals surface area contributed by atoms with Crippen molar-refractivity contribution in [3.05, 3.63) is 59.4 Å². The first kappa shape index (κ1) is 13.1. The Morgan fingerprint density at radius 1 is 1.11 bits per heavy atom. The first-order chi connectivity index (χ1) is 8.67. The molecule has 2 N–H and O–H groups in total. The second kappa shape index (κ2) is 6.03. The van der Waals surface area contributed by atoms with Crippen LogP contribution in [0.25, 0.3) is 0 Å². The van der Waals surface area contributed by atoms with Crippen LogP contribution in [0.15, 0.2) is 52.3 Å². The highest BCUT2D eigenvalue weighted by atomic mass is 32.2. The van der Waals surface area contributed by atoms with Crippen LogP contribution in [0.5, 0.6) is 0 Å². The normalized spacial score (nSPS) is 10.6. The lowest BCUT2D eigenvalue weighted by Crippen LogP contribution is -2.02. The van der Waals surface area contributed by atoms with Crippen LogP contribution >= 0.6 is 11.8 Å². The van der Waals surface area contributed by atoms with Crippen molar-refractivity contribution in [2.75, 3.05) is 6.54 Å². The molecule has 0 aromatic heterocycles. The lowest BCUT2D eigenvalue weighted by Gasteiger charge is -2.06. The highest BCUT2D eigenvalue weighted by Crippen LogP contribution is 2.29. The van der Waals surface area contributed by atoms with Crippen molar-refractivity contribution in [2.45, 2.75) is 23.1 Å². The zero-order valence-corrected chi connectivity index (χ0v) is 11.1. The van der Waals surface area contributed by atoms with Gasteiger partial charge in [-0.15, -0.1) is 0 Å². The molecule has 0 atom stereocenters. The smallest absolute Gasteiger partial charge is 0.124 e. The first-order valence-corrected chi connectivity index (χ1v) is 6.73. The molecule has 0 aliphatic heterocycles. The number of aryl methyl sites for hydroxylation is 1. The minimum atomic E-state index is -0.198. The fourth-order valence-electron chi connectivity index (χ4n) is 1.81. The van der Waals surface area contributed by atoms with Gasteiger partial charge in [-0.05, 0) is 55.8 Å². The molecule has 0 unspecified atom stereocenters. The van der Waals surface area contributed by atoms with Crippen LogP contribution in [0.2, 0.25) is 0 Å². The van der Waals surface area contributed by atoms with Crippen LogP contribution < -0.4 is 5.73 Å². The van der Waals surface area contributed by atoms with Gasteiger partial charge in [0.25, 0.3) is 0 Å². The Kier molecular flexibility index (Phi) is 4.39. The zero-order chi connectivity index (χ0) is 13.0. The lowest BCUT2D eigenvalue weighted by atomic mass is 10.1. The minimum absolute atomic E-state index is 0.198. The average Bonchev–Trinajstić information content (AvgIpc) is 2.28. The van der Waals surface area contributed by atoms with Crippen molar-refractivity contribution >= 4 is 11.8 Å². The molecule has 2 aromatic carbocycles. The van der Waals surface area contributed by atoms with E-state index in [-0.39, 0.29) is 5.82 Å². The number of rotatable bonds is 4. The average molecular weight is 261 g/mol. The Labute approximate surface area is 111 Å². The van der Waals surface area contributed by atoms with Crippen LogP contribution in [-0.2, 0) is 6.42 Å². The maximum atomic E-state index is 13.5. The monoisotopic (exact) mass is 261 g/mol. The van der Waals surface area contributed by atoms with Crippen LogP contribution in [0, 0.1) is 12.7 Å². The molecule has 94 valence electrons. The predicted molar refractivity (Wildman–Crippen MR) is 74.5 cm³/mol. The van der Waals surface area contributed by atoms with Crippen LogP contribution in [0.1, 0.15) is 11.1 Å². The highest BCUT2D eigenvalue weighted by molar-refractivity contribution is 7.99. The Hall–Kier alpha value is -1.32. The van der Waals surface area contributed by atoms with Gasteiger partial charge in [-0.3, -0.25) is 0 Å². The second-order valence-electron chi connectivity index (χ2n) is 4.25. The van der Waals surface area contributed by atoms with Gasteiger partial charge in [0.2, 0.25) is 0 Å². The summed E-state index contributed by atoms with van der Waals surface area (Å²) < 4.78 is 13.5. The van der Waals surface area contributed by atoms with Gasteiger partial charge < -0.3 is 5.73 Å². The Morgan fingerprint density at radius 3 is 2.67 bits per heavy atom. The van der Waals surface area contributed by atoms with E-state index in [2.05, 4.69) is 19.1 Å². The van der Waals surface area contributed by atoms with Crippen LogP contribution in [-0.4, -0.2) is 6.54 Å². The van der Waals surface area contributed by atoms with Crippen molar-refractivity contribution in [1.29, 1.82) is 0 Å². The molecule has 0 radical (unpaired) electrons. The molecular formula is C15H16FNS. The van der Waals surface area contributed by atoms with Crippen LogP contribution in [0.4, 0.5) is 4.39 Å². The van der Waals surface area contributed by atoms with Gasteiger partial charge in [-0.25, -0.2) is 4.39 Å². The van der Waals surface area contributed by atoms with E-state index < -0.39 is 0 Å². The molecule has 1 nitrogen and oxygen atoms in total. The number of halogens is 1. The highest BCUT2D eigenvalue weighted by Gasteiger charge is 2.03. The molecule has 2 rings (SSSR count). The second-order valence-corrected chi connectivity index (χ2v) is 5.40. The summed E-state index contributed by atoms with van der Waals surface area (Å²) in [6.07, 6.45) is 0.707.